The van der Waals surface area contributed by atoms with E-state index < -0.39 is 5.41 Å². The van der Waals surface area contributed by atoms with Gasteiger partial charge in [0.25, 0.3) is 5.91 Å². The highest BCUT2D eigenvalue weighted by Crippen LogP contribution is 2.26. The molecule has 2 amide bonds. The SMILES string of the molecule is CC(C)(C)C(=O)Nc1ccc(C(=O)Nc2nnc(-c3ccccc3)s2)cc1. The fourth-order valence-electron chi connectivity index (χ4n) is 2.16. The highest BCUT2D eigenvalue weighted by atomic mass is 32.1. The summed E-state index contributed by atoms with van der Waals surface area (Å²) in [5.41, 5.74) is 1.59. The van der Waals surface area contributed by atoms with Crippen LogP contribution in [0.3, 0.4) is 0 Å². The maximum Gasteiger partial charge on any atom is 0.257 e. The molecule has 2 N–H and O–H groups in total. The smallest absolute Gasteiger partial charge is 0.257 e. The summed E-state index contributed by atoms with van der Waals surface area (Å²) in [5, 5.41) is 14.9. The zero-order valence-electron chi connectivity index (χ0n) is 15.3. The predicted molar refractivity (Wildman–Crippen MR) is 108 cm³/mol. The van der Waals surface area contributed by atoms with Crippen molar-refractivity contribution >= 4 is 34.0 Å². The van der Waals surface area contributed by atoms with Gasteiger partial charge in [-0.3, -0.25) is 14.9 Å². The van der Waals surface area contributed by atoms with E-state index in [1.807, 2.05) is 51.1 Å². The molecule has 3 rings (SSSR count). The van der Waals surface area contributed by atoms with Crippen molar-refractivity contribution in [2.24, 2.45) is 5.41 Å². The summed E-state index contributed by atoms with van der Waals surface area (Å²) in [5.74, 6) is -0.360. The molecule has 0 unspecified atom stereocenters. The van der Waals surface area contributed by atoms with Crippen molar-refractivity contribution in [2.75, 3.05) is 10.6 Å². The Morgan fingerprint density at radius 3 is 2.19 bits per heavy atom. The number of nitrogens with one attached hydrogen (secondary N) is 2. The molecular formula is C20H20N4O2S. The van der Waals surface area contributed by atoms with Gasteiger partial charge in [0.15, 0.2) is 0 Å². The first-order chi connectivity index (χ1) is 12.8. The second-order valence-electron chi connectivity index (χ2n) is 7.01. The minimum Gasteiger partial charge on any atom is -0.326 e. The number of aromatic nitrogens is 2. The van der Waals surface area contributed by atoms with Gasteiger partial charge in [-0.2, -0.15) is 0 Å². The van der Waals surface area contributed by atoms with Crippen molar-refractivity contribution in [3.05, 3.63) is 60.2 Å². The van der Waals surface area contributed by atoms with Crippen LogP contribution in [0.2, 0.25) is 0 Å². The van der Waals surface area contributed by atoms with Crippen LogP contribution >= 0.6 is 11.3 Å². The molecule has 3 aromatic rings. The van der Waals surface area contributed by atoms with Crippen LogP contribution in [0.5, 0.6) is 0 Å². The summed E-state index contributed by atoms with van der Waals surface area (Å²) >= 11 is 1.31. The van der Waals surface area contributed by atoms with Crippen LogP contribution in [0, 0.1) is 5.41 Å². The maximum atomic E-state index is 12.4. The monoisotopic (exact) mass is 380 g/mol. The number of benzene rings is 2. The average molecular weight is 380 g/mol. The number of hydrogen-bond acceptors (Lipinski definition) is 5. The van der Waals surface area contributed by atoms with Crippen LogP contribution in [0.4, 0.5) is 10.8 Å². The lowest BCUT2D eigenvalue weighted by Crippen LogP contribution is -2.27. The average Bonchev–Trinajstić information content (AvgIpc) is 3.10. The van der Waals surface area contributed by atoms with Gasteiger partial charge in [0.05, 0.1) is 0 Å². The number of nitrogens with zero attached hydrogens (tertiary/aromatic N) is 2. The van der Waals surface area contributed by atoms with E-state index in [2.05, 4.69) is 20.8 Å². The molecule has 27 heavy (non-hydrogen) atoms. The molecule has 6 nitrogen and oxygen atoms in total. The van der Waals surface area contributed by atoms with Gasteiger partial charge in [-0.15, -0.1) is 10.2 Å². The van der Waals surface area contributed by atoms with Gasteiger partial charge in [-0.05, 0) is 24.3 Å². The molecule has 7 heteroatoms. The minimum atomic E-state index is -0.482. The third-order valence-electron chi connectivity index (χ3n) is 3.75. The lowest BCUT2D eigenvalue weighted by Gasteiger charge is -2.17. The van der Waals surface area contributed by atoms with Gasteiger partial charge >= 0.3 is 0 Å². The largest absolute Gasteiger partial charge is 0.326 e. The van der Waals surface area contributed by atoms with Crippen LogP contribution in [0.15, 0.2) is 54.6 Å². The Kier molecular flexibility index (Phi) is 5.32. The topological polar surface area (TPSA) is 84.0 Å². The quantitative estimate of drug-likeness (QED) is 0.701. The van der Waals surface area contributed by atoms with Gasteiger partial charge < -0.3 is 5.32 Å². The van der Waals surface area contributed by atoms with E-state index in [1.165, 1.54) is 11.3 Å². The zero-order valence-corrected chi connectivity index (χ0v) is 16.1. The van der Waals surface area contributed by atoms with Crippen LogP contribution < -0.4 is 10.6 Å². The fourth-order valence-corrected chi connectivity index (χ4v) is 2.91. The van der Waals surface area contributed by atoms with Crippen molar-refractivity contribution in [1.82, 2.24) is 10.2 Å². The Bertz CT molecular complexity index is 944. The van der Waals surface area contributed by atoms with Crippen LogP contribution in [0.1, 0.15) is 31.1 Å². The van der Waals surface area contributed by atoms with Crippen LogP contribution in [-0.2, 0) is 4.79 Å². The third-order valence-corrected chi connectivity index (χ3v) is 4.64. The van der Waals surface area contributed by atoms with Gasteiger partial charge in [-0.25, -0.2) is 0 Å². The molecule has 0 aliphatic heterocycles. The van der Waals surface area contributed by atoms with E-state index in [9.17, 15) is 9.59 Å². The second kappa shape index (κ2) is 7.67. The van der Waals surface area contributed by atoms with Gasteiger partial charge in [-0.1, -0.05) is 62.4 Å². The number of rotatable bonds is 4. The molecule has 0 bridgehead atoms. The maximum absolute atomic E-state index is 12.4. The summed E-state index contributed by atoms with van der Waals surface area (Å²) in [7, 11) is 0. The molecule has 0 spiro atoms. The molecule has 1 heterocycles. The first-order valence-electron chi connectivity index (χ1n) is 8.45. The van der Waals surface area contributed by atoms with E-state index in [0.29, 0.717) is 16.4 Å². The first-order valence-corrected chi connectivity index (χ1v) is 9.26. The number of hydrogen-bond donors (Lipinski definition) is 2. The molecule has 1 aromatic heterocycles. The number of amides is 2. The molecule has 138 valence electrons. The van der Waals surface area contributed by atoms with E-state index in [4.69, 9.17) is 0 Å². The molecule has 0 atom stereocenters. The molecule has 0 saturated carbocycles. The highest BCUT2D eigenvalue weighted by Gasteiger charge is 2.21. The van der Waals surface area contributed by atoms with Gasteiger partial charge in [0.2, 0.25) is 11.0 Å². The number of anilines is 2. The Hall–Kier alpha value is -3.06. The lowest BCUT2D eigenvalue weighted by atomic mass is 9.95. The van der Waals surface area contributed by atoms with Crippen LogP contribution in [0.25, 0.3) is 10.6 Å². The standard InChI is InChI=1S/C20H20N4O2S/c1-20(2,3)18(26)21-15-11-9-13(10-12-15)16(25)22-19-24-23-17(27-19)14-7-5-4-6-8-14/h4-12H,1-3H3,(H,21,26)(H,22,24,25). The van der Waals surface area contributed by atoms with Crippen molar-refractivity contribution in [3.8, 4) is 10.6 Å². The molecule has 0 fully saturated rings. The second-order valence-corrected chi connectivity index (χ2v) is 7.99. The van der Waals surface area contributed by atoms with E-state index in [0.717, 1.165) is 10.6 Å². The first kappa shape index (κ1) is 18.7. The molecular weight excluding hydrogens is 360 g/mol. The van der Waals surface area contributed by atoms with E-state index >= 15 is 0 Å². The summed E-state index contributed by atoms with van der Waals surface area (Å²) in [6, 6.07) is 16.4. The van der Waals surface area contributed by atoms with Crippen molar-refractivity contribution in [1.29, 1.82) is 0 Å². The number of carbonyl (C=O) groups excluding carboxylic acids is 2. The zero-order chi connectivity index (χ0) is 19.4. The Morgan fingerprint density at radius 1 is 0.889 bits per heavy atom. The fraction of sp³-hybridized carbons (Fsp3) is 0.200. The van der Waals surface area contributed by atoms with Gasteiger partial charge in [0.1, 0.15) is 5.01 Å². The predicted octanol–water partition coefficient (Wildman–Crippen LogP) is 4.44. The summed E-state index contributed by atoms with van der Waals surface area (Å²) in [6.45, 7) is 5.53. The van der Waals surface area contributed by atoms with Crippen molar-refractivity contribution in [3.63, 3.8) is 0 Å². The lowest BCUT2D eigenvalue weighted by molar-refractivity contribution is -0.123. The van der Waals surface area contributed by atoms with Crippen molar-refractivity contribution < 1.29 is 9.59 Å². The normalized spacial score (nSPS) is 11.1. The third kappa shape index (κ3) is 4.77. The Balaban J connectivity index is 1.65. The summed E-state index contributed by atoms with van der Waals surface area (Å²) in [6.07, 6.45) is 0. The van der Waals surface area contributed by atoms with Crippen LogP contribution in [-0.4, -0.2) is 22.0 Å². The Labute approximate surface area is 161 Å². The molecule has 0 aliphatic carbocycles. The molecule has 0 aliphatic rings. The summed E-state index contributed by atoms with van der Waals surface area (Å²) in [4.78, 5) is 24.4. The minimum absolute atomic E-state index is 0.0815. The molecule has 2 aromatic carbocycles. The van der Waals surface area contributed by atoms with Crippen molar-refractivity contribution in [2.45, 2.75) is 20.8 Å². The highest BCUT2D eigenvalue weighted by molar-refractivity contribution is 7.18. The number of carbonyl (C=O) groups is 2. The van der Waals surface area contributed by atoms with E-state index in [1.54, 1.807) is 24.3 Å². The molecule has 0 radical (unpaired) electrons. The van der Waals surface area contributed by atoms with E-state index in [-0.39, 0.29) is 11.8 Å². The van der Waals surface area contributed by atoms with Gasteiger partial charge in [0, 0.05) is 22.2 Å². The molecule has 0 saturated heterocycles. The summed E-state index contributed by atoms with van der Waals surface area (Å²) < 4.78 is 0. The Morgan fingerprint density at radius 2 is 1.56 bits per heavy atom.